The van der Waals surface area contributed by atoms with Crippen LogP contribution in [0.5, 0.6) is 0 Å². The van der Waals surface area contributed by atoms with E-state index in [4.69, 9.17) is 5.73 Å². The zero-order chi connectivity index (χ0) is 14.8. The van der Waals surface area contributed by atoms with E-state index in [1.165, 1.54) is 0 Å². The van der Waals surface area contributed by atoms with E-state index >= 15 is 0 Å². The third-order valence-corrected chi connectivity index (χ3v) is 5.38. The number of nitrogens with zero attached hydrogens (tertiary/aromatic N) is 1. The van der Waals surface area contributed by atoms with Gasteiger partial charge in [-0.05, 0) is 37.8 Å². The van der Waals surface area contributed by atoms with E-state index in [1.807, 2.05) is 11.9 Å². The maximum atomic E-state index is 11.7. The summed E-state index contributed by atoms with van der Waals surface area (Å²) in [4.78, 5) is 13.7. The van der Waals surface area contributed by atoms with Crippen molar-refractivity contribution in [2.45, 2.75) is 65.1 Å². The second-order valence-electron chi connectivity index (χ2n) is 6.30. The molecule has 4 nitrogen and oxygen atoms in total. The summed E-state index contributed by atoms with van der Waals surface area (Å²) in [7, 11) is 1.93. The number of Topliss-reactive ketones (excluding diaryl/α,β-unsaturated/α-hetero) is 1. The van der Waals surface area contributed by atoms with E-state index < -0.39 is 0 Å². The molecule has 0 bridgehead atoms. The third kappa shape index (κ3) is 4.04. The van der Waals surface area contributed by atoms with E-state index in [1.54, 1.807) is 6.92 Å². The van der Waals surface area contributed by atoms with E-state index in [0.29, 0.717) is 6.42 Å². The first-order valence-electron chi connectivity index (χ1n) is 7.36. The maximum Gasteiger partial charge on any atom is 0.146 e. The van der Waals surface area contributed by atoms with Crippen LogP contribution in [0, 0.1) is 55.4 Å². The molecule has 1 heterocycles. The molecule has 0 unspecified atom stereocenters. The Bertz CT molecular complexity index is 321. The largest absolute Gasteiger partial charge is 0.673 e. The van der Waals surface area contributed by atoms with Gasteiger partial charge in [-0.3, -0.25) is 9.69 Å². The van der Waals surface area contributed by atoms with E-state index in [9.17, 15) is 9.90 Å². The van der Waals surface area contributed by atoms with E-state index in [2.05, 4.69) is 20.8 Å². The Labute approximate surface area is 159 Å². The van der Waals surface area contributed by atoms with Crippen LogP contribution in [-0.2, 0) is 4.79 Å². The first-order chi connectivity index (χ1) is 8.82. The van der Waals surface area contributed by atoms with Crippen molar-refractivity contribution in [3.63, 3.8) is 0 Å². The van der Waals surface area contributed by atoms with Crippen LogP contribution in [0.1, 0.15) is 47.0 Å². The van der Waals surface area contributed by atoms with Crippen molar-refractivity contribution in [1.29, 1.82) is 0 Å². The monoisotopic (exact) mass is 496 g/mol. The normalized spacial score (nSPS) is 29.1. The van der Waals surface area contributed by atoms with Gasteiger partial charge < -0.3 is 10.8 Å². The van der Waals surface area contributed by atoms with Crippen LogP contribution in [0.3, 0.4) is 0 Å². The van der Waals surface area contributed by atoms with Gasteiger partial charge in [0.1, 0.15) is 5.78 Å². The quantitative estimate of drug-likeness (QED) is 0.615. The molecule has 1 saturated heterocycles. The number of likely N-dealkylation sites (N-methyl/N-ethyl adjacent to an activating group) is 1. The molecular weight excluding hydrogens is 467 g/mol. The average Bonchev–Trinajstić information content (AvgIpc) is 2.73. The van der Waals surface area contributed by atoms with Crippen LogP contribution in [0.15, 0.2) is 0 Å². The Morgan fingerprint density at radius 3 is 2.30 bits per heavy atom. The molecule has 0 amide bonds. The Kier molecular flexibility index (Phi) is 9.00. The molecule has 4 atom stereocenters. The van der Waals surface area contributed by atoms with Gasteiger partial charge >= 0.3 is 0 Å². The number of carbonyl (C=O) groups excluding carboxylic acids is 1. The molecule has 1 radical (unpaired) electrons. The predicted octanol–water partition coefficient (Wildman–Crippen LogP) is 2.50. The average molecular weight is 496 g/mol. The molecule has 0 aromatic heterocycles. The van der Waals surface area contributed by atoms with Gasteiger partial charge in [-0.1, -0.05) is 33.6 Å². The molecule has 1 fully saturated rings. The zero-order valence-electron chi connectivity index (χ0n) is 13.5. The SMILES string of the molecule is CCC(C)(CC)[C@H]([NH-])[C@H]1[C@H](CO)C[C@H](C(C)=O)N1C.[Ac]. The number of carbonyl (C=O) groups is 1. The van der Waals surface area contributed by atoms with Gasteiger partial charge in [0.05, 0.1) is 6.04 Å². The minimum Gasteiger partial charge on any atom is -0.673 e. The van der Waals surface area contributed by atoms with Crippen LogP contribution < -0.4 is 0 Å². The summed E-state index contributed by atoms with van der Waals surface area (Å²) in [6.07, 6.45) is 2.58. The van der Waals surface area contributed by atoms with Gasteiger partial charge in [0.2, 0.25) is 0 Å². The summed E-state index contributed by atoms with van der Waals surface area (Å²) in [6.45, 7) is 8.06. The number of aliphatic hydroxyl groups is 1. The number of likely N-dealkylation sites (tertiary alicyclic amines) is 1. The molecule has 0 spiro atoms. The third-order valence-electron chi connectivity index (χ3n) is 5.38. The van der Waals surface area contributed by atoms with Crippen LogP contribution in [-0.4, -0.2) is 47.6 Å². The number of rotatable bonds is 6. The predicted molar refractivity (Wildman–Crippen MR) is 78.0 cm³/mol. The second kappa shape index (κ2) is 8.58. The number of hydrogen-bond donors (Lipinski definition) is 1. The Hall–Kier alpha value is 0.992. The van der Waals surface area contributed by atoms with Crippen molar-refractivity contribution in [1.82, 2.24) is 4.90 Å². The van der Waals surface area contributed by atoms with Gasteiger partial charge in [-0.15, -0.1) is 6.04 Å². The first-order valence-corrected chi connectivity index (χ1v) is 7.36. The fourth-order valence-corrected chi connectivity index (χ4v) is 3.38. The van der Waals surface area contributed by atoms with E-state index in [-0.39, 0.29) is 85.9 Å². The smallest absolute Gasteiger partial charge is 0.146 e. The van der Waals surface area contributed by atoms with Gasteiger partial charge in [0.15, 0.2) is 0 Å². The van der Waals surface area contributed by atoms with Gasteiger partial charge in [-0.2, -0.15) is 0 Å². The fourth-order valence-electron chi connectivity index (χ4n) is 3.38. The molecule has 0 aliphatic carbocycles. The number of aliphatic hydroxyl groups excluding tert-OH is 1. The summed E-state index contributed by atoms with van der Waals surface area (Å²) in [5.41, 5.74) is 8.60. The topological polar surface area (TPSA) is 64.3 Å². The fraction of sp³-hybridized carbons (Fsp3) is 0.933. The molecule has 1 aliphatic heterocycles. The second-order valence-corrected chi connectivity index (χ2v) is 6.30. The molecule has 20 heavy (non-hydrogen) atoms. The molecule has 0 saturated carbocycles. The van der Waals surface area contributed by atoms with E-state index in [0.717, 1.165) is 12.8 Å². The van der Waals surface area contributed by atoms with Crippen molar-refractivity contribution in [2.24, 2.45) is 11.3 Å². The van der Waals surface area contributed by atoms with Crippen LogP contribution >= 0.6 is 0 Å². The molecule has 1 rings (SSSR count). The van der Waals surface area contributed by atoms with Crippen LogP contribution in [0.4, 0.5) is 0 Å². The zero-order valence-corrected chi connectivity index (χ0v) is 18.3. The Balaban J connectivity index is 0.00000361. The summed E-state index contributed by atoms with van der Waals surface area (Å²) >= 11 is 0. The van der Waals surface area contributed by atoms with Gasteiger partial charge in [0.25, 0.3) is 0 Å². The van der Waals surface area contributed by atoms with Gasteiger partial charge in [-0.25, -0.2) is 0 Å². The van der Waals surface area contributed by atoms with Crippen LogP contribution in [0.2, 0.25) is 0 Å². The first kappa shape index (κ1) is 21.0. The molecule has 115 valence electrons. The molecule has 2 N–H and O–H groups in total. The Morgan fingerprint density at radius 2 is 1.95 bits per heavy atom. The molecule has 1 aliphatic rings. The molecular formula is C15H29AcN2O2-. The summed E-state index contributed by atoms with van der Waals surface area (Å²) in [6, 6.07) is -0.425. The summed E-state index contributed by atoms with van der Waals surface area (Å²) in [5.74, 6) is 0.184. The van der Waals surface area contributed by atoms with Crippen LogP contribution in [0.25, 0.3) is 5.73 Å². The minimum atomic E-state index is -0.269. The van der Waals surface area contributed by atoms with Crippen molar-refractivity contribution < 1.29 is 54.0 Å². The number of nitrogens with one attached hydrogen (secondary N) is 1. The number of ketones is 1. The van der Waals surface area contributed by atoms with Crippen molar-refractivity contribution in [2.75, 3.05) is 13.7 Å². The maximum absolute atomic E-state index is 11.7. The van der Waals surface area contributed by atoms with Gasteiger partial charge in [0, 0.05) is 50.7 Å². The Morgan fingerprint density at radius 1 is 1.45 bits per heavy atom. The summed E-state index contributed by atoms with van der Waals surface area (Å²) < 4.78 is 0. The number of hydrogen-bond acceptors (Lipinski definition) is 3. The molecule has 0 aromatic carbocycles. The molecule has 5 heteroatoms. The molecule has 0 aromatic rings. The van der Waals surface area contributed by atoms with Crippen molar-refractivity contribution >= 4 is 5.78 Å². The van der Waals surface area contributed by atoms with Crippen molar-refractivity contribution in [3.05, 3.63) is 5.73 Å². The standard InChI is InChI=1S/C15H29N2O2.Ac/c1-6-15(4,7-2)14(16)13-11(9-18)8-12(10(3)19)17(13)5;/h11-14,16,18H,6-9H2,1-5H3;/q-1;/t11-,12+,13+,14+;/m0./s1. The summed E-state index contributed by atoms with van der Waals surface area (Å²) in [5, 5.41) is 9.59. The minimum absolute atomic E-state index is 0. The van der Waals surface area contributed by atoms with Crippen molar-refractivity contribution in [3.8, 4) is 0 Å².